The number of aliphatic hydroxyl groups excluding tert-OH is 2. The van der Waals surface area contributed by atoms with Crippen LogP contribution in [0.1, 0.15) is 52.9 Å². The number of aliphatic hydroxyl groups is 2. The van der Waals surface area contributed by atoms with Gasteiger partial charge in [0.2, 0.25) is 11.8 Å². The molecule has 2 amide bonds. The quantitative estimate of drug-likeness (QED) is 0.664. The molecule has 2 aliphatic rings. The maximum Gasteiger partial charge on any atom is 0.407 e. The predicted molar refractivity (Wildman–Crippen MR) is 93.3 cm³/mol. The second-order valence-corrected chi connectivity index (χ2v) is 8.58. The highest BCUT2D eigenvalue weighted by Crippen LogP contribution is 2.37. The van der Waals surface area contributed by atoms with Gasteiger partial charge in [0.1, 0.15) is 5.60 Å². The number of β-amino-alcohol motifs (C(OH)–C–C–N with tert-alkyl or cyclic N) is 2. The van der Waals surface area contributed by atoms with Crippen molar-refractivity contribution in [1.29, 1.82) is 0 Å². The van der Waals surface area contributed by atoms with Crippen molar-refractivity contribution in [2.75, 3.05) is 13.1 Å². The third kappa shape index (κ3) is 6.57. The number of carbonyl (C=O) groups is 2. The minimum absolute atomic E-state index is 0.00468. The Morgan fingerprint density at radius 1 is 1.15 bits per heavy atom. The first-order valence-electron chi connectivity index (χ1n) is 9.38. The van der Waals surface area contributed by atoms with Gasteiger partial charge in [0.25, 0.3) is 0 Å². The molecule has 1 heterocycles. The van der Waals surface area contributed by atoms with Crippen LogP contribution in [0.15, 0.2) is 0 Å². The number of rotatable bonds is 2. The lowest BCUT2D eigenvalue weighted by Crippen LogP contribution is -2.49. The summed E-state index contributed by atoms with van der Waals surface area (Å²) in [5, 5.41) is 23.2. The average molecular weight is 392 g/mol. The first kappa shape index (κ1) is 21.8. The van der Waals surface area contributed by atoms with Crippen LogP contribution < -0.4 is 5.32 Å². The van der Waals surface area contributed by atoms with Gasteiger partial charge in [-0.1, -0.05) is 0 Å². The van der Waals surface area contributed by atoms with Crippen molar-refractivity contribution in [2.45, 2.75) is 82.6 Å². The van der Waals surface area contributed by atoms with E-state index >= 15 is 0 Å². The lowest BCUT2D eigenvalue weighted by atomic mass is 9.86. The summed E-state index contributed by atoms with van der Waals surface area (Å²) in [7, 11) is 0. The van der Waals surface area contributed by atoms with Gasteiger partial charge in [-0.3, -0.25) is 4.79 Å². The molecule has 1 saturated heterocycles. The molecule has 0 radical (unpaired) electrons. The van der Waals surface area contributed by atoms with E-state index in [2.05, 4.69) is 5.32 Å². The highest BCUT2D eigenvalue weighted by Gasteiger charge is 2.40. The molecule has 0 aromatic rings. The molecule has 156 valence electrons. The third-order valence-corrected chi connectivity index (χ3v) is 4.91. The largest absolute Gasteiger partial charge is 0.444 e. The molecule has 2 rings (SSSR count). The Bertz CT molecular complexity index is 542. The fourth-order valence-corrected chi connectivity index (χ4v) is 3.55. The molecular formula is C18H30F2N2O5. The first-order chi connectivity index (χ1) is 12.4. The number of hydrogen-bond donors (Lipinski definition) is 3. The highest BCUT2D eigenvalue weighted by atomic mass is 19.3. The average Bonchev–Trinajstić information content (AvgIpc) is 2.63. The van der Waals surface area contributed by atoms with Gasteiger partial charge in [-0.15, -0.1) is 0 Å². The van der Waals surface area contributed by atoms with Gasteiger partial charge in [0.05, 0.1) is 18.2 Å². The lowest BCUT2D eigenvalue weighted by Gasteiger charge is -2.32. The Morgan fingerprint density at radius 2 is 1.74 bits per heavy atom. The van der Waals surface area contributed by atoms with E-state index in [9.17, 15) is 28.6 Å². The van der Waals surface area contributed by atoms with E-state index < -0.39 is 41.8 Å². The third-order valence-electron chi connectivity index (χ3n) is 4.91. The van der Waals surface area contributed by atoms with Gasteiger partial charge < -0.3 is 25.2 Å². The van der Waals surface area contributed by atoms with Crippen molar-refractivity contribution < 1.29 is 33.3 Å². The van der Waals surface area contributed by atoms with E-state index in [1.165, 1.54) is 4.90 Å². The molecule has 1 aliphatic heterocycles. The van der Waals surface area contributed by atoms with Gasteiger partial charge in [0.15, 0.2) is 0 Å². The molecule has 0 spiro atoms. The summed E-state index contributed by atoms with van der Waals surface area (Å²) >= 11 is 0. The molecule has 0 aromatic carbocycles. The Morgan fingerprint density at radius 3 is 2.30 bits per heavy atom. The number of nitrogens with one attached hydrogen (secondary N) is 1. The number of ether oxygens (including phenoxy) is 1. The molecular weight excluding hydrogens is 362 g/mol. The molecule has 27 heavy (non-hydrogen) atoms. The van der Waals surface area contributed by atoms with Crippen LogP contribution in [-0.2, 0) is 9.53 Å². The van der Waals surface area contributed by atoms with E-state index in [-0.39, 0.29) is 51.1 Å². The Labute approximate surface area is 158 Å². The molecule has 1 aliphatic carbocycles. The smallest absolute Gasteiger partial charge is 0.407 e. The molecule has 9 heteroatoms. The van der Waals surface area contributed by atoms with Crippen molar-refractivity contribution in [3.8, 4) is 0 Å². The van der Waals surface area contributed by atoms with Crippen LogP contribution in [0.4, 0.5) is 13.6 Å². The molecule has 7 nitrogen and oxygen atoms in total. The maximum atomic E-state index is 13.3. The molecule has 3 N–H and O–H groups in total. The van der Waals surface area contributed by atoms with Crippen molar-refractivity contribution >= 4 is 12.0 Å². The highest BCUT2D eigenvalue weighted by molar-refractivity contribution is 5.79. The minimum atomic E-state index is -2.73. The standard InChI is InChI=1S/C18H30F2N2O5/c1-17(2,3)27-16(26)21-13-8-12(23)9-22(10-14(13)24)15(25)11-4-6-18(19,20)7-5-11/h11-14,23-24H,4-10H2,1-3H3,(H,21,26)/t12-,13-,14-/m1/s1. The number of likely N-dealkylation sites (tertiary alicyclic amines) is 1. The number of amides is 2. The van der Waals surface area contributed by atoms with Crippen molar-refractivity contribution in [3.05, 3.63) is 0 Å². The number of alkyl halides is 2. The fourth-order valence-electron chi connectivity index (χ4n) is 3.55. The van der Waals surface area contributed by atoms with Crippen LogP contribution in [0.2, 0.25) is 0 Å². The van der Waals surface area contributed by atoms with Gasteiger partial charge in [-0.25, -0.2) is 13.6 Å². The van der Waals surface area contributed by atoms with Crippen LogP contribution in [0.25, 0.3) is 0 Å². The summed E-state index contributed by atoms with van der Waals surface area (Å²) in [6.45, 7) is 5.04. The zero-order valence-corrected chi connectivity index (χ0v) is 16.1. The van der Waals surface area contributed by atoms with Crippen LogP contribution in [0.5, 0.6) is 0 Å². The van der Waals surface area contributed by atoms with E-state index in [0.29, 0.717) is 0 Å². The molecule has 0 unspecified atom stereocenters. The topological polar surface area (TPSA) is 99.1 Å². The summed E-state index contributed by atoms with van der Waals surface area (Å²) in [6.07, 6.45) is -3.17. The SMILES string of the molecule is CC(C)(C)OC(=O)N[C@@H]1C[C@@H](O)CN(C(=O)C2CCC(F)(F)CC2)C[C@H]1O. The minimum Gasteiger partial charge on any atom is -0.444 e. The van der Waals surface area contributed by atoms with Gasteiger partial charge in [0, 0.05) is 31.8 Å². The fraction of sp³-hybridized carbons (Fsp3) is 0.889. The number of nitrogens with zero attached hydrogens (tertiary/aromatic N) is 1. The first-order valence-corrected chi connectivity index (χ1v) is 9.38. The zero-order chi connectivity index (χ0) is 20.4. The molecule has 1 saturated carbocycles. The van der Waals surface area contributed by atoms with Crippen molar-refractivity contribution in [2.24, 2.45) is 5.92 Å². The Kier molecular flexibility index (Phi) is 6.68. The molecule has 3 atom stereocenters. The van der Waals surface area contributed by atoms with Crippen LogP contribution >= 0.6 is 0 Å². The summed E-state index contributed by atoms with van der Waals surface area (Å²) in [5.41, 5.74) is -0.705. The molecule has 2 fully saturated rings. The van der Waals surface area contributed by atoms with Crippen LogP contribution in [-0.4, -0.2) is 70.0 Å². The van der Waals surface area contributed by atoms with E-state index in [1.807, 2.05) is 0 Å². The maximum absolute atomic E-state index is 13.3. The van der Waals surface area contributed by atoms with Gasteiger partial charge in [-0.2, -0.15) is 0 Å². The monoisotopic (exact) mass is 392 g/mol. The van der Waals surface area contributed by atoms with Crippen molar-refractivity contribution in [1.82, 2.24) is 10.2 Å². The summed E-state index contributed by atoms with van der Waals surface area (Å²) in [4.78, 5) is 25.9. The van der Waals surface area contributed by atoms with Gasteiger partial charge in [-0.05, 0) is 40.0 Å². The van der Waals surface area contributed by atoms with Crippen LogP contribution in [0, 0.1) is 5.92 Å². The summed E-state index contributed by atoms with van der Waals surface area (Å²) in [5.74, 6) is -3.59. The summed E-state index contributed by atoms with van der Waals surface area (Å²) in [6, 6.07) is -0.775. The Hall–Kier alpha value is -1.48. The predicted octanol–water partition coefficient (Wildman–Crippen LogP) is 1.66. The zero-order valence-electron chi connectivity index (χ0n) is 16.1. The second-order valence-electron chi connectivity index (χ2n) is 8.58. The molecule has 0 aromatic heterocycles. The van der Waals surface area contributed by atoms with Crippen molar-refractivity contribution in [3.63, 3.8) is 0 Å². The second kappa shape index (κ2) is 8.26. The number of carbonyl (C=O) groups excluding carboxylic acids is 2. The van der Waals surface area contributed by atoms with Crippen LogP contribution in [0.3, 0.4) is 0 Å². The van der Waals surface area contributed by atoms with E-state index in [0.717, 1.165) is 0 Å². The molecule has 0 bridgehead atoms. The summed E-state index contributed by atoms with van der Waals surface area (Å²) < 4.78 is 31.8. The normalized spacial score (nSPS) is 29.7. The van der Waals surface area contributed by atoms with Gasteiger partial charge >= 0.3 is 6.09 Å². The Balaban J connectivity index is 1.96. The van der Waals surface area contributed by atoms with E-state index in [1.54, 1.807) is 20.8 Å². The number of halogens is 2. The lowest BCUT2D eigenvalue weighted by molar-refractivity contribution is -0.141. The number of alkyl carbamates (subject to hydrolysis) is 1. The van der Waals surface area contributed by atoms with E-state index in [4.69, 9.17) is 4.74 Å². The number of hydrogen-bond acceptors (Lipinski definition) is 5.